The fourth-order valence-corrected chi connectivity index (χ4v) is 5.22. The van der Waals surface area contributed by atoms with Crippen molar-refractivity contribution in [1.29, 1.82) is 0 Å². The first-order chi connectivity index (χ1) is 20.9. The molecule has 0 atom stereocenters. The van der Waals surface area contributed by atoms with Crippen molar-refractivity contribution in [3.8, 4) is 0 Å². The van der Waals surface area contributed by atoms with Gasteiger partial charge in [0.2, 0.25) is 20.0 Å². The molecule has 0 saturated carbocycles. The Bertz CT molecular complexity index is 1880. The standard InChI is InChI=1S/C14H13ClN2O4S.C7H5ClFNO4S.C7H9N/c15-11-7-12(17-8-9-4-2-1-3-5-9)13(22(16,20)21)6-10(11)14(18)19;8-4-2-5(9)6(15(10,13)14)1-3(4)7(11)12;8-6-7-4-2-1-3-5-7/h1-7,17H,8H2,(H,18,19)(H2,16,20,21);1-2H,(H,11,12)(H2,10,13,14);1-5H,6,8H2. The average Bonchev–Trinajstić information content (AvgIpc) is 2.96. The predicted molar refractivity (Wildman–Crippen MR) is 168 cm³/mol. The minimum absolute atomic E-state index is 0.0736. The number of carbonyl (C=O) groups is 2. The number of carboxylic acid groups (broad SMARTS) is 2. The summed E-state index contributed by atoms with van der Waals surface area (Å²) < 4.78 is 58.0. The number of anilines is 1. The van der Waals surface area contributed by atoms with Crippen LogP contribution in [0.4, 0.5) is 10.1 Å². The number of primary sulfonamides is 2. The number of nitrogens with one attached hydrogen (secondary N) is 1. The van der Waals surface area contributed by atoms with Crippen LogP contribution >= 0.6 is 23.2 Å². The van der Waals surface area contributed by atoms with Gasteiger partial charge in [-0.1, -0.05) is 83.9 Å². The van der Waals surface area contributed by atoms with Gasteiger partial charge in [0.05, 0.1) is 26.9 Å². The van der Waals surface area contributed by atoms with E-state index in [2.05, 4.69) is 10.5 Å². The van der Waals surface area contributed by atoms with E-state index >= 15 is 0 Å². The fraction of sp³-hybridized carbons (Fsp3) is 0.0714. The van der Waals surface area contributed by atoms with Crippen LogP contribution < -0.4 is 21.3 Å². The monoisotopic (exact) mass is 700 g/mol. The van der Waals surface area contributed by atoms with Gasteiger partial charge >= 0.3 is 11.9 Å². The zero-order valence-electron chi connectivity index (χ0n) is 23.0. The maximum absolute atomic E-state index is 13.1. The number of aromatic carboxylic acids is 2. The highest BCUT2D eigenvalue weighted by molar-refractivity contribution is 7.89. The Morgan fingerprint density at radius 2 is 1.13 bits per heavy atom. The van der Waals surface area contributed by atoms with Crippen LogP contribution in [0.15, 0.2) is 94.7 Å². The number of sulfonamides is 2. The minimum Gasteiger partial charge on any atom is -0.478 e. The van der Waals surface area contributed by atoms with Crippen LogP contribution in [0.5, 0.6) is 0 Å². The molecule has 0 unspecified atom stereocenters. The van der Waals surface area contributed by atoms with Crippen molar-refractivity contribution >= 4 is 60.9 Å². The van der Waals surface area contributed by atoms with Crippen molar-refractivity contribution in [3.05, 3.63) is 123 Å². The van der Waals surface area contributed by atoms with Crippen LogP contribution in [0.3, 0.4) is 0 Å². The van der Waals surface area contributed by atoms with E-state index in [0.29, 0.717) is 25.2 Å². The lowest BCUT2D eigenvalue weighted by Crippen LogP contribution is -2.16. The molecule has 0 bridgehead atoms. The Balaban J connectivity index is 0.000000263. The van der Waals surface area contributed by atoms with Gasteiger partial charge in [-0.3, -0.25) is 0 Å². The molecule has 0 radical (unpaired) electrons. The summed E-state index contributed by atoms with van der Waals surface area (Å²) in [5.41, 5.74) is 6.76. The van der Waals surface area contributed by atoms with Gasteiger partial charge < -0.3 is 21.3 Å². The lowest BCUT2D eigenvalue weighted by Gasteiger charge is -2.13. The van der Waals surface area contributed by atoms with Crippen molar-refractivity contribution in [2.75, 3.05) is 5.32 Å². The van der Waals surface area contributed by atoms with Crippen molar-refractivity contribution in [3.63, 3.8) is 0 Å². The van der Waals surface area contributed by atoms with Gasteiger partial charge in [-0.2, -0.15) is 0 Å². The summed E-state index contributed by atoms with van der Waals surface area (Å²) in [4.78, 5) is 20.4. The third-order valence-corrected chi connectivity index (χ3v) is 8.07. The number of carboxylic acids is 2. The number of hydrogen-bond acceptors (Lipinski definition) is 8. The molecule has 0 aliphatic rings. The summed E-state index contributed by atoms with van der Waals surface area (Å²) >= 11 is 11.3. The molecule has 4 aromatic carbocycles. The van der Waals surface area contributed by atoms with Crippen LogP contribution in [-0.2, 0) is 33.1 Å². The maximum atomic E-state index is 13.1. The number of nitrogens with two attached hydrogens (primary N) is 3. The van der Waals surface area contributed by atoms with Gasteiger partial charge in [0.1, 0.15) is 15.6 Å². The third-order valence-electron chi connectivity index (χ3n) is 5.57. The molecule has 0 amide bonds. The highest BCUT2D eigenvalue weighted by atomic mass is 35.5. The van der Waals surface area contributed by atoms with Gasteiger partial charge in [-0.05, 0) is 35.4 Å². The Labute approximate surface area is 268 Å². The van der Waals surface area contributed by atoms with Gasteiger partial charge in [0.25, 0.3) is 0 Å². The zero-order chi connectivity index (χ0) is 33.9. The highest BCUT2D eigenvalue weighted by Gasteiger charge is 2.21. The van der Waals surface area contributed by atoms with E-state index in [4.69, 9.17) is 44.3 Å². The second-order valence-electron chi connectivity index (χ2n) is 8.82. The molecule has 240 valence electrons. The molecule has 0 aliphatic carbocycles. The quantitative estimate of drug-likeness (QED) is 0.153. The first-order valence-electron chi connectivity index (χ1n) is 12.3. The SMILES string of the molecule is NCc1ccccc1.NS(=O)(=O)c1cc(C(=O)O)c(Cl)cc1F.NS(=O)(=O)c1cc(C(=O)O)c(Cl)cc1NCc1ccccc1. The second kappa shape index (κ2) is 16.3. The van der Waals surface area contributed by atoms with Crippen LogP contribution in [0.25, 0.3) is 0 Å². The molecule has 45 heavy (non-hydrogen) atoms. The Kier molecular flexibility index (Phi) is 13.4. The van der Waals surface area contributed by atoms with Crippen molar-refractivity contribution in [1.82, 2.24) is 0 Å². The van der Waals surface area contributed by atoms with Crippen LogP contribution in [0, 0.1) is 5.82 Å². The van der Waals surface area contributed by atoms with E-state index in [-0.39, 0.29) is 21.2 Å². The van der Waals surface area contributed by atoms with Crippen molar-refractivity contribution < 1.29 is 41.0 Å². The fourth-order valence-electron chi connectivity index (χ4n) is 3.41. The van der Waals surface area contributed by atoms with Crippen LogP contribution in [-0.4, -0.2) is 39.0 Å². The van der Waals surface area contributed by atoms with Crippen molar-refractivity contribution in [2.45, 2.75) is 22.9 Å². The molecule has 12 nitrogen and oxygen atoms in total. The minimum atomic E-state index is -4.30. The summed E-state index contributed by atoms with van der Waals surface area (Å²) in [7, 11) is -8.40. The van der Waals surface area contributed by atoms with E-state index in [1.807, 2.05) is 60.7 Å². The topological polar surface area (TPSA) is 233 Å². The third kappa shape index (κ3) is 11.4. The molecule has 0 aromatic heterocycles. The van der Waals surface area contributed by atoms with E-state index in [9.17, 15) is 30.8 Å². The van der Waals surface area contributed by atoms with Gasteiger partial charge in [-0.25, -0.2) is 41.1 Å². The lowest BCUT2D eigenvalue weighted by atomic mass is 10.2. The smallest absolute Gasteiger partial charge is 0.337 e. The van der Waals surface area contributed by atoms with Gasteiger partial charge in [0.15, 0.2) is 0 Å². The second-order valence-corrected chi connectivity index (χ2v) is 12.7. The maximum Gasteiger partial charge on any atom is 0.337 e. The molecule has 9 N–H and O–H groups in total. The summed E-state index contributed by atoms with van der Waals surface area (Å²) in [5, 5.41) is 29.9. The van der Waals surface area contributed by atoms with E-state index in [0.717, 1.165) is 11.6 Å². The number of benzene rings is 4. The van der Waals surface area contributed by atoms with E-state index in [1.54, 1.807) is 0 Å². The number of halogens is 3. The summed E-state index contributed by atoms with van der Waals surface area (Å²) in [6, 6.07) is 22.6. The first-order valence-corrected chi connectivity index (χ1v) is 16.2. The lowest BCUT2D eigenvalue weighted by molar-refractivity contribution is 0.0686. The Morgan fingerprint density at radius 3 is 1.53 bits per heavy atom. The molecular weight excluding hydrogens is 674 g/mol. The first kappa shape index (κ1) is 37.1. The predicted octanol–water partition coefficient (Wildman–Crippen LogP) is 4.27. The zero-order valence-corrected chi connectivity index (χ0v) is 26.2. The summed E-state index contributed by atoms with van der Waals surface area (Å²) in [6.07, 6.45) is 0. The Morgan fingerprint density at radius 1 is 0.711 bits per heavy atom. The molecule has 0 saturated heterocycles. The van der Waals surface area contributed by atoms with Crippen LogP contribution in [0.2, 0.25) is 10.0 Å². The molecule has 17 heteroatoms. The van der Waals surface area contributed by atoms with Gasteiger partial charge in [-0.15, -0.1) is 0 Å². The van der Waals surface area contributed by atoms with E-state index < -0.39 is 53.3 Å². The molecule has 0 aliphatic heterocycles. The molecule has 0 spiro atoms. The van der Waals surface area contributed by atoms with Gasteiger partial charge in [0, 0.05) is 13.1 Å². The highest BCUT2D eigenvalue weighted by Crippen LogP contribution is 2.29. The molecule has 0 heterocycles. The molecule has 0 fully saturated rings. The Hall–Kier alpha value is -4.09. The molecular formula is C28H27Cl2FN4O8S2. The van der Waals surface area contributed by atoms with E-state index in [1.165, 1.54) is 11.6 Å². The van der Waals surface area contributed by atoms with Crippen molar-refractivity contribution in [2.24, 2.45) is 16.0 Å². The molecule has 4 rings (SSSR count). The summed E-state index contributed by atoms with van der Waals surface area (Å²) in [5.74, 6) is -3.98. The summed E-state index contributed by atoms with van der Waals surface area (Å²) in [6.45, 7) is 0.979. The number of rotatable bonds is 8. The number of hydrogen-bond donors (Lipinski definition) is 6. The average molecular weight is 702 g/mol. The normalized spacial score (nSPS) is 10.9. The largest absolute Gasteiger partial charge is 0.478 e. The van der Waals surface area contributed by atoms with Crippen LogP contribution in [0.1, 0.15) is 31.8 Å². The molecule has 4 aromatic rings.